The van der Waals surface area contributed by atoms with Crippen molar-refractivity contribution in [1.29, 1.82) is 0 Å². The molecule has 0 aromatic heterocycles. The summed E-state index contributed by atoms with van der Waals surface area (Å²) in [6.45, 7) is 5.39. The number of aliphatic hydroxyl groups excluding tert-OH is 1. The first-order chi connectivity index (χ1) is 13.5. The highest BCUT2D eigenvalue weighted by atomic mass is 16.5. The lowest BCUT2D eigenvalue weighted by Gasteiger charge is -2.40. The topological polar surface area (TPSA) is 65.3 Å². The van der Waals surface area contributed by atoms with Crippen LogP contribution in [0.15, 0.2) is 53.5 Å². The highest BCUT2D eigenvalue weighted by molar-refractivity contribution is 5.85. The lowest BCUT2D eigenvalue weighted by Crippen LogP contribution is -2.48. The van der Waals surface area contributed by atoms with Crippen LogP contribution in [0.4, 0.5) is 5.69 Å². The van der Waals surface area contributed by atoms with Gasteiger partial charge >= 0.3 is 0 Å². The van der Waals surface area contributed by atoms with Crippen LogP contribution in [-0.4, -0.2) is 52.7 Å². The van der Waals surface area contributed by atoms with E-state index < -0.39 is 6.10 Å². The zero-order valence-corrected chi connectivity index (χ0v) is 16.7. The van der Waals surface area contributed by atoms with Gasteiger partial charge in [0.2, 0.25) is 0 Å². The molecule has 1 heterocycles. The van der Waals surface area contributed by atoms with Crippen LogP contribution in [0.25, 0.3) is 0 Å². The first-order valence-corrected chi connectivity index (χ1v) is 10.0. The Bertz CT molecular complexity index is 766. The molecular weight excluding hydrogens is 352 g/mol. The van der Waals surface area contributed by atoms with Crippen molar-refractivity contribution in [3.63, 3.8) is 0 Å². The summed E-state index contributed by atoms with van der Waals surface area (Å²) in [4.78, 5) is 6.75. The summed E-state index contributed by atoms with van der Waals surface area (Å²) in [6.07, 6.45) is 4.78. The molecule has 5 nitrogen and oxygen atoms in total. The number of nitrogens with zero attached hydrogens (tertiary/aromatic N) is 2. The van der Waals surface area contributed by atoms with Gasteiger partial charge in [0.1, 0.15) is 24.2 Å². The van der Waals surface area contributed by atoms with Crippen molar-refractivity contribution in [3.8, 4) is 11.5 Å². The maximum absolute atomic E-state index is 10.4. The van der Waals surface area contributed by atoms with Gasteiger partial charge in [-0.25, -0.2) is 0 Å². The van der Waals surface area contributed by atoms with Crippen molar-refractivity contribution in [2.45, 2.75) is 51.3 Å². The molecule has 0 saturated carbocycles. The second-order valence-electron chi connectivity index (χ2n) is 7.60. The molecule has 0 spiro atoms. The maximum atomic E-state index is 10.4. The van der Waals surface area contributed by atoms with Crippen LogP contribution in [0.3, 0.4) is 0 Å². The Morgan fingerprint density at radius 2 is 1.79 bits per heavy atom. The first kappa shape index (κ1) is 20.4. The Kier molecular flexibility index (Phi) is 7.06. The Morgan fingerprint density at radius 3 is 2.46 bits per heavy atom. The van der Waals surface area contributed by atoms with Gasteiger partial charge in [0, 0.05) is 30.4 Å². The standard InChI is InChI=1S/C23H30N2O3/c1-17-6-5-7-18(2)25(17)15-21(26)16-28-22-12-10-20(11-13-22)24-14-19-8-3-4-9-23(19)27/h3-4,8-14,17-18,21,26-27H,5-7,15-16H2,1-2H3/t17-,18-,21+/m1/s1. The minimum absolute atomic E-state index is 0.206. The highest BCUT2D eigenvalue weighted by Crippen LogP contribution is 2.23. The van der Waals surface area contributed by atoms with Gasteiger partial charge in [0.15, 0.2) is 0 Å². The van der Waals surface area contributed by atoms with Crippen LogP contribution in [0.5, 0.6) is 11.5 Å². The summed E-state index contributed by atoms with van der Waals surface area (Å²) in [7, 11) is 0. The van der Waals surface area contributed by atoms with Gasteiger partial charge in [-0.1, -0.05) is 18.6 Å². The number of aliphatic imine (C=N–C) groups is 1. The van der Waals surface area contributed by atoms with Gasteiger partial charge < -0.3 is 14.9 Å². The SMILES string of the molecule is C[C@@H]1CCC[C@@H](C)N1C[C@H](O)COc1ccc(N=Cc2ccccc2O)cc1. The fourth-order valence-electron chi connectivity index (χ4n) is 3.69. The number of phenols is 1. The van der Waals surface area contributed by atoms with E-state index in [1.165, 1.54) is 19.3 Å². The first-order valence-electron chi connectivity index (χ1n) is 10.0. The molecule has 2 N–H and O–H groups in total. The molecule has 0 unspecified atom stereocenters. The van der Waals surface area contributed by atoms with E-state index >= 15 is 0 Å². The largest absolute Gasteiger partial charge is 0.507 e. The van der Waals surface area contributed by atoms with Gasteiger partial charge in [0.05, 0.1) is 5.69 Å². The fourth-order valence-corrected chi connectivity index (χ4v) is 3.69. The Hall–Kier alpha value is -2.37. The van der Waals surface area contributed by atoms with E-state index in [4.69, 9.17) is 4.74 Å². The monoisotopic (exact) mass is 382 g/mol. The van der Waals surface area contributed by atoms with E-state index in [1.807, 2.05) is 36.4 Å². The van der Waals surface area contributed by atoms with Crippen LogP contribution >= 0.6 is 0 Å². The fraction of sp³-hybridized carbons (Fsp3) is 0.435. The molecule has 0 amide bonds. The Morgan fingerprint density at radius 1 is 1.11 bits per heavy atom. The lowest BCUT2D eigenvalue weighted by molar-refractivity contribution is 0.0209. The number of likely N-dealkylation sites (tertiary alicyclic amines) is 1. The number of β-amino-alcohol motifs (C(OH)–C–C–N with tert-alkyl or cyclic N) is 1. The number of hydrogen-bond acceptors (Lipinski definition) is 5. The normalized spacial score (nSPS) is 21.7. The lowest BCUT2D eigenvalue weighted by atomic mass is 9.97. The van der Waals surface area contributed by atoms with Crippen molar-refractivity contribution in [3.05, 3.63) is 54.1 Å². The molecule has 0 bridgehead atoms. The number of ether oxygens (including phenoxy) is 1. The van der Waals surface area contributed by atoms with E-state index in [-0.39, 0.29) is 12.4 Å². The molecule has 3 rings (SSSR count). The van der Waals surface area contributed by atoms with E-state index in [0.29, 0.717) is 29.9 Å². The third-order valence-electron chi connectivity index (χ3n) is 5.37. The Labute approximate surface area is 167 Å². The van der Waals surface area contributed by atoms with Gasteiger partial charge in [-0.15, -0.1) is 0 Å². The molecular formula is C23H30N2O3. The molecule has 2 aromatic carbocycles. The minimum Gasteiger partial charge on any atom is -0.507 e. The molecule has 1 fully saturated rings. The molecule has 0 aliphatic carbocycles. The number of phenolic OH excluding ortho intramolecular Hbond substituents is 1. The van der Waals surface area contributed by atoms with Gasteiger partial charge in [-0.3, -0.25) is 9.89 Å². The summed E-state index contributed by atoms with van der Waals surface area (Å²) in [5.41, 5.74) is 1.44. The number of benzene rings is 2. The maximum Gasteiger partial charge on any atom is 0.124 e. The number of hydrogen-bond donors (Lipinski definition) is 2. The summed E-state index contributed by atoms with van der Waals surface area (Å²) < 4.78 is 5.75. The average molecular weight is 383 g/mol. The van der Waals surface area contributed by atoms with E-state index in [2.05, 4.69) is 23.7 Å². The zero-order valence-electron chi connectivity index (χ0n) is 16.7. The highest BCUT2D eigenvalue weighted by Gasteiger charge is 2.26. The van der Waals surface area contributed by atoms with E-state index in [9.17, 15) is 10.2 Å². The second kappa shape index (κ2) is 9.71. The Balaban J connectivity index is 1.49. The minimum atomic E-state index is -0.512. The smallest absolute Gasteiger partial charge is 0.124 e. The molecule has 28 heavy (non-hydrogen) atoms. The zero-order chi connectivity index (χ0) is 19.9. The number of rotatable bonds is 7. The molecule has 5 heteroatoms. The summed E-state index contributed by atoms with van der Waals surface area (Å²) >= 11 is 0. The van der Waals surface area contributed by atoms with Crippen LogP contribution < -0.4 is 4.74 Å². The van der Waals surface area contributed by atoms with Crippen molar-refractivity contribution >= 4 is 11.9 Å². The van der Waals surface area contributed by atoms with Crippen molar-refractivity contribution < 1.29 is 14.9 Å². The predicted octanol–water partition coefficient (Wildman–Crippen LogP) is 4.15. The quantitative estimate of drug-likeness (QED) is 0.706. The number of piperidine rings is 1. The van der Waals surface area contributed by atoms with Gasteiger partial charge in [0.25, 0.3) is 0 Å². The van der Waals surface area contributed by atoms with Gasteiger partial charge in [-0.05, 0) is 63.1 Å². The second-order valence-corrected chi connectivity index (χ2v) is 7.60. The predicted molar refractivity (Wildman–Crippen MR) is 113 cm³/mol. The van der Waals surface area contributed by atoms with E-state index in [0.717, 1.165) is 5.69 Å². The molecule has 3 atom stereocenters. The third-order valence-corrected chi connectivity index (χ3v) is 5.37. The molecule has 1 saturated heterocycles. The van der Waals surface area contributed by atoms with Crippen LogP contribution in [0.2, 0.25) is 0 Å². The molecule has 1 aliphatic rings. The number of aliphatic hydroxyl groups is 1. The summed E-state index contributed by atoms with van der Waals surface area (Å²) in [6, 6.07) is 15.5. The number of para-hydroxylation sites is 1. The third kappa shape index (κ3) is 5.57. The van der Waals surface area contributed by atoms with Crippen LogP contribution in [0.1, 0.15) is 38.7 Å². The van der Waals surface area contributed by atoms with Gasteiger partial charge in [-0.2, -0.15) is 0 Å². The van der Waals surface area contributed by atoms with Crippen LogP contribution in [-0.2, 0) is 0 Å². The van der Waals surface area contributed by atoms with Crippen LogP contribution in [0, 0.1) is 0 Å². The van der Waals surface area contributed by atoms with Crippen molar-refractivity contribution in [2.24, 2.45) is 4.99 Å². The summed E-state index contributed by atoms with van der Waals surface area (Å²) in [5, 5.41) is 20.1. The molecule has 150 valence electrons. The number of aromatic hydroxyl groups is 1. The van der Waals surface area contributed by atoms with Crippen molar-refractivity contribution in [1.82, 2.24) is 4.90 Å². The molecule has 2 aromatic rings. The summed E-state index contributed by atoms with van der Waals surface area (Å²) in [5.74, 6) is 0.915. The van der Waals surface area contributed by atoms with Crippen molar-refractivity contribution in [2.75, 3.05) is 13.2 Å². The average Bonchev–Trinajstić information content (AvgIpc) is 2.69. The molecule has 1 aliphatic heterocycles. The molecule has 0 radical (unpaired) electrons. The van der Waals surface area contributed by atoms with E-state index in [1.54, 1.807) is 18.3 Å².